The first-order valence-corrected chi connectivity index (χ1v) is 7.69. The van der Waals surface area contributed by atoms with Gasteiger partial charge in [0.05, 0.1) is 4.90 Å². The van der Waals surface area contributed by atoms with E-state index < -0.39 is 15.8 Å². The molecule has 0 aliphatic carbocycles. The van der Waals surface area contributed by atoms with Crippen LogP contribution < -0.4 is 5.73 Å². The fourth-order valence-electron chi connectivity index (χ4n) is 2.29. The minimum Gasteiger partial charge on any atom is -0.327 e. The van der Waals surface area contributed by atoms with Crippen LogP contribution in [-0.2, 0) is 10.0 Å². The number of hydrogen-bond acceptors (Lipinski definition) is 3. The van der Waals surface area contributed by atoms with E-state index in [1.807, 2.05) is 13.8 Å². The molecule has 0 bridgehead atoms. The van der Waals surface area contributed by atoms with Crippen LogP contribution in [0.4, 0.5) is 4.39 Å². The van der Waals surface area contributed by atoms with Crippen LogP contribution in [-0.4, -0.2) is 31.9 Å². The molecular weight excluding hydrogens is 267 g/mol. The Morgan fingerprint density at radius 3 is 2.42 bits per heavy atom. The lowest BCUT2D eigenvalue weighted by Gasteiger charge is -2.41. The first kappa shape index (κ1) is 14.4. The lowest BCUT2D eigenvalue weighted by Crippen LogP contribution is -2.53. The Kier molecular flexibility index (Phi) is 3.68. The second-order valence-electron chi connectivity index (χ2n) is 5.68. The van der Waals surface area contributed by atoms with Gasteiger partial charge in [-0.1, -0.05) is 13.8 Å². The molecule has 0 saturated carbocycles. The smallest absolute Gasteiger partial charge is 0.243 e. The van der Waals surface area contributed by atoms with Gasteiger partial charge in [-0.25, -0.2) is 12.8 Å². The number of benzene rings is 1. The van der Waals surface area contributed by atoms with E-state index in [0.29, 0.717) is 19.5 Å². The van der Waals surface area contributed by atoms with Gasteiger partial charge in [-0.05, 0) is 36.1 Å². The summed E-state index contributed by atoms with van der Waals surface area (Å²) in [6.45, 7) is 4.71. The SMILES string of the molecule is CC1(C)CN(S(=O)(=O)c2ccc(F)cc2)CCC1N. The molecule has 0 radical (unpaired) electrons. The van der Waals surface area contributed by atoms with Crippen LogP contribution in [0.3, 0.4) is 0 Å². The summed E-state index contributed by atoms with van der Waals surface area (Å²) in [5, 5.41) is 0. The van der Waals surface area contributed by atoms with Crippen molar-refractivity contribution in [2.24, 2.45) is 11.1 Å². The normalized spacial score (nSPS) is 24.3. The molecule has 1 saturated heterocycles. The summed E-state index contributed by atoms with van der Waals surface area (Å²) < 4.78 is 39.2. The van der Waals surface area contributed by atoms with E-state index in [4.69, 9.17) is 5.73 Å². The predicted molar refractivity (Wildman–Crippen MR) is 71.5 cm³/mol. The Morgan fingerprint density at radius 1 is 1.32 bits per heavy atom. The van der Waals surface area contributed by atoms with Crippen LogP contribution in [0.15, 0.2) is 29.2 Å². The standard InChI is InChI=1S/C13H19FN2O2S/c1-13(2)9-16(8-7-12(13)15)19(17,18)11-5-3-10(14)4-6-11/h3-6,12H,7-9,15H2,1-2H3. The number of piperidine rings is 1. The molecule has 0 aromatic heterocycles. The number of nitrogens with two attached hydrogens (primary N) is 1. The van der Waals surface area contributed by atoms with E-state index >= 15 is 0 Å². The average Bonchev–Trinajstić information content (AvgIpc) is 2.33. The lowest BCUT2D eigenvalue weighted by molar-refractivity contribution is 0.155. The molecule has 19 heavy (non-hydrogen) atoms. The molecule has 1 aliphatic heterocycles. The number of halogens is 1. The quantitative estimate of drug-likeness (QED) is 0.897. The first-order valence-electron chi connectivity index (χ1n) is 6.25. The highest BCUT2D eigenvalue weighted by molar-refractivity contribution is 7.89. The predicted octanol–water partition coefficient (Wildman–Crippen LogP) is 1.57. The van der Waals surface area contributed by atoms with Gasteiger partial charge in [0.1, 0.15) is 5.82 Å². The van der Waals surface area contributed by atoms with Crippen LogP contribution in [0.2, 0.25) is 0 Å². The van der Waals surface area contributed by atoms with Gasteiger partial charge in [-0.15, -0.1) is 0 Å². The number of nitrogens with zero attached hydrogens (tertiary/aromatic N) is 1. The molecule has 4 nitrogen and oxygen atoms in total. The van der Waals surface area contributed by atoms with E-state index in [-0.39, 0.29) is 16.4 Å². The fraction of sp³-hybridized carbons (Fsp3) is 0.538. The van der Waals surface area contributed by atoms with Crippen molar-refractivity contribution in [3.63, 3.8) is 0 Å². The lowest BCUT2D eigenvalue weighted by atomic mass is 9.81. The van der Waals surface area contributed by atoms with Crippen LogP contribution in [0.25, 0.3) is 0 Å². The number of rotatable bonds is 2. The maximum absolute atomic E-state index is 12.9. The van der Waals surface area contributed by atoms with Gasteiger partial charge in [-0.3, -0.25) is 0 Å². The van der Waals surface area contributed by atoms with Crippen molar-refractivity contribution in [3.05, 3.63) is 30.1 Å². The Morgan fingerprint density at radius 2 is 1.89 bits per heavy atom. The van der Waals surface area contributed by atoms with E-state index in [1.165, 1.54) is 16.4 Å². The zero-order chi connectivity index (χ0) is 14.3. The highest BCUT2D eigenvalue weighted by atomic mass is 32.2. The average molecular weight is 286 g/mol. The molecule has 0 amide bonds. The number of sulfonamides is 1. The molecule has 1 aromatic rings. The minimum absolute atomic E-state index is 0.00725. The Labute approximate surface area is 113 Å². The van der Waals surface area contributed by atoms with Crippen molar-refractivity contribution < 1.29 is 12.8 Å². The first-order chi connectivity index (χ1) is 8.73. The van der Waals surface area contributed by atoms with Crippen LogP contribution >= 0.6 is 0 Å². The summed E-state index contributed by atoms with van der Waals surface area (Å²) in [6.07, 6.45) is 0.632. The van der Waals surface area contributed by atoms with E-state index in [9.17, 15) is 12.8 Å². The van der Waals surface area contributed by atoms with Gasteiger partial charge in [0.25, 0.3) is 0 Å². The third-order valence-electron chi connectivity index (χ3n) is 3.73. The van der Waals surface area contributed by atoms with Gasteiger partial charge < -0.3 is 5.73 Å². The zero-order valence-corrected chi connectivity index (χ0v) is 12.0. The Hall–Kier alpha value is -0.980. The fourth-order valence-corrected chi connectivity index (χ4v) is 3.91. The Bertz CT molecular complexity index is 555. The van der Waals surface area contributed by atoms with Gasteiger partial charge in [0.2, 0.25) is 10.0 Å². The van der Waals surface area contributed by atoms with Crippen molar-refractivity contribution in [2.75, 3.05) is 13.1 Å². The van der Waals surface area contributed by atoms with Crippen LogP contribution in [0, 0.1) is 11.2 Å². The minimum atomic E-state index is -3.56. The van der Waals surface area contributed by atoms with Crippen molar-refractivity contribution in [3.8, 4) is 0 Å². The van der Waals surface area contributed by atoms with Crippen LogP contribution in [0.1, 0.15) is 20.3 Å². The summed E-state index contributed by atoms with van der Waals surface area (Å²) in [5.41, 5.74) is 5.75. The molecule has 1 unspecified atom stereocenters. The molecule has 1 atom stereocenters. The monoisotopic (exact) mass is 286 g/mol. The summed E-state index contributed by atoms with van der Waals surface area (Å²) in [5.74, 6) is -0.444. The highest BCUT2D eigenvalue weighted by Gasteiger charge is 2.38. The van der Waals surface area contributed by atoms with Crippen molar-refractivity contribution >= 4 is 10.0 Å². The van der Waals surface area contributed by atoms with E-state index in [0.717, 1.165) is 12.1 Å². The maximum Gasteiger partial charge on any atom is 0.243 e. The molecular formula is C13H19FN2O2S. The topological polar surface area (TPSA) is 63.4 Å². The van der Waals surface area contributed by atoms with Crippen molar-refractivity contribution in [1.82, 2.24) is 4.31 Å². The molecule has 1 heterocycles. The van der Waals surface area contributed by atoms with Gasteiger partial charge >= 0.3 is 0 Å². The zero-order valence-electron chi connectivity index (χ0n) is 11.1. The molecule has 2 N–H and O–H groups in total. The largest absolute Gasteiger partial charge is 0.327 e. The highest BCUT2D eigenvalue weighted by Crippen LogP contribution is 2.31. The summed E-state index contributed by atoms with van der Waals surface area (Å²) in [6, 6.07) is 4.91. The molecule has 1 aliphatic rings. The Balaban J connectivity index is 2.28. The van der Waals surface area contributed by atoms with Gasteiger partial charge in [-0.2, -0.15) is 4.31 Å². The van der Waals surface area contributed by atoms with Crippen LogP contribution in [0.5, 0.6) is 0 Å². The molecule has 0 spiro atoms. The van der Waals surface area contributed by atoms with Crippen molar-refractivity contribution in [2.45, 2.75) is 31.2 Å². The van der Waals surface area contributed by atoms with Gasteiger partial charge in [0.15, 0.2) is 0 Å². The molecule has 1 aromatic carbocycles. The molecule has 106 valence electrons. The van der Waals surface area contributed by atoms with E-state index in [1.54, 1.807) is 0 Å². The molecule has 2 rings (SSSR count). The van der Waals surface area contributed by atoms with Crippen molar-refractivity contribution in [1.29, 1.82) is 0 Å². The van der Waals surface area contributed by atoms with Gasteiger partial charge in [0, 0.05) is 19.1 Å². The third kappa shape index (κ3) is 2.80. The summed E-state index contributed by atoms with van der Waals surface area (Å²) in [4.78, 5) is 0.125. The summed E-state index contributed by atoms with van der Waals surface area (Å²) in [7, 11) is -3.56. The molecule has 6 heteroatoms. The summed E-state index contributed by atoms with van der Waals surface area (Å²) >= 11 is 0. The number of hydrogen-bond donors (Lipinski definition) is 1. The molecule has 1 fully saturated rings. The maximum atomic E-state index is 12.9. The second-order valence-corrected chi connectivity index (χ2v) is 7.61. The van der Waals surface area contributed by atoms with E-state index in [2.05, 4.69) is 0 Å². The second kappa shape index (κ2) is 4.85. The third-order valence-corrected chi connectivity index (χ3v) is 5.59.